The van der Waals surface area contributed by atoms with Crippen molar-refractivity contribution in [3.05, 3.63) is 0 Å². The van der Waals surface area contributed by atoms with Gasteiger partial charge in [0.2, 0.25) is 0 Å². The maximum absolute atomic E-state index is 11.4. The van der Waals surface area contributed by atoms with Gasteiger partial charge in [0.15, 0.2) is 0 Å². The largest absolute Gasteiger partial charge is 0.469 e. The lowest BCUT2D eigenvalue weighted by Crippen LogP contribution is -2.41. The van der Waals surface area contributed by atoms with Crippen LogP contribution in [0.4, 0.5) is 0 Å². The van der Waals surface area contributed by atoms with E-state index >= 15 is 0 Å². The maximum Gasteiger partial charge on any atom is 0.309 e. The number of carbonyl (C=O) groups excluding carboxylic acids is 1. The molecular weight excluding hydrogens is 190 g/mol. The zero-order valence-electron chi connectivity index (χ0n) is 10.7. The molecule has 0 amide bonds. The first-order valence-electron chi connectivity index (χ1n) is 5.90. The van der Waals surface area contributed by atoms with Gasteiger partial charge in [0, 0.05) is 6.04 Å². The quantitative estimate of drug-likeness (QED) is 0.610. The Hall–Kier alpha value is -0.570. The van der Waals surface area contributed by atoms with Crippen molar-refractivity contribution >= 4 is 5.97 Å². The molecule has 0 aliphatic carbocycles. The van der Waals surface area contributed by atoms with Gasteiger partial charge in [-0.05, 0) is 32.9 Å². The summed E-state index contributed by atoms with van der Waals surface area (Å²) in [6, 6.07) is 0.261. The van der Waals surface area contributed by atoms with Gasteiger partial charge in [0.1, 0.15) is 0 Å². The van der Waals surface area contributed by atoms with Crippen molar-refractivity contribution in [3.63, 3.8) is 0 Å². The second-order valence-electron chi connectivity index (χ2n) is 4.09. The summed E-state index contributed by atoms with van der Waals surface area (Å²) in [6.45, 7) is 10.5. The molecule has 3 nitrogen and oxygen atoms in total. The fourth-order valence-corrected chi connectivity index (χ4v) is 1.79. The van der Waals surface area contributed by atoms with Crippen LogP contribution in [0.15, 0.2) is 0 Å². The van der Waals surface area contributed by atoms with Crippen molar-refractivity contribution in [1.82, 2.24) is 4.90 Å². The van der Waals surface area contributed by atoms with Crippen LogP contribution in [0.25, 0.3) is 0 Å². The van der Waals surface area contributed by atoms with Gasteiger partial charge in [0.05, 0.1) is 13.0 Å². The van der Waals surface area contributed by atoms with Crippen molar-refractivity contribution in [2.75, 3.05) is 20.2 Å². The molecule has 0 aliphatic rings. The summed E-state index contributed by atoms with van der Waals surface area (Å²) in [6.07, 6.45) is 2.25. The predicted octanol–water partition coefficient (Wildman–Crippen LogP) is 2.31. The fourth-order valence-electron chi connectivity index (χ4n) is 1.79. The molecule has 0 saturated heterocycles. The van der Waals surface area contributed by atoms with Gasteiger partial charge < -0.3 is 4.74 Å². The number of hydrogen-bond donors (Lipinski definition) is 0. The van der Waals surface area contributed by atoms with Gasteiger partial charge in [0.25, 0.3) is 0 Å². The lowest BCUT2D eigenvalue weighted by Gasteiger charge is -2.31. The normalized spacial score (nSPS) is 15.1. The van der Waals surface area contributed by atoms with E-state index < -0.39 is 0 Å². The van der Waals surface area contributed by atoms with Crippen LogP contribution in [0.1, 0.15) is 40.5 Å². The van der Waals surface area contributed by atoms with E-state index in [0.29, 0.717) is 0 Å². The molecule has 0 rings (SSSR count). The molecule has 0 bridgehead atoms. The van der Waals surface area contributed by atoms with E-state index in [2.05, 4.69) is 25.7 Å². The average molecular weight is 215 g/mol. The zero-order valence-corrected chi connectivity index (χ0v) is 10.7. The molecule has 0 aromatic carbocycles. The van der Waals surface area contributed by atoms with E-state index in [1.807, 2.05) is 6.92 Å². The topological polar surface area (TPSA) is 29.5 Å². The standard InChI is InChI=1S/C12H25NO2/c1-6-8-13(9-7-2)11(4)10(3)12(14)15-5/h10-11H,6-9H2,1-5H3. The Bertz CT molecular complexity index is 176. The predicted molar refractivity (Wildman–Crippen MR) is 62.8 cm³/mol. The number of rotatable bonds is 7. The lowest BCUT2D eigenvalue weighted by molar-refractivity contribution is -0.147. The van der Waals surface area contributed by atoms with Crippen molar-refractivity contribution in [1.29, 1.82) is 0 Å². The molecule has 0 N–H and O–H groups in total. The van der Waals surface area contributed by atoms with Gasteiger partial charge >= 0.3 is 5.97 Å². The average Bonchev–Trinajstić information content (AvgIpc) is 2.25. The Labute approximate surface area is 93.8 Å². The van der Waals surface area contributed by atoms with E-state index in [1.54, 1.807) is 0 Å². The molecule has 2 atom stereocenters. The first kappa shape index (κ1) is 14.4. The van der Waals surface area contributed by atoms with Crippen molar-refractivity contribution < 1.29 is 9.53 Å². The minimum atomic E-state index is -0.111. The third-order valence-electron chi connectivity index (χ3n) is 2.89. The molecular formula is C12H25NO2. The van der Waals surface area contributed by atoms with Crippen molar-refractivity contribution in [2.24, 2.45) is 5.92 Å². The summed E-state index contributed by atoms with van der Waals surface area (Å²) in [4.78, 5) is 13.8. The van der Waals surface area contributed by atoms with E-state index in [-0.39, 0.29) is 17.9 Å². The van der Waals surface area contributed by atoms with Gasteiger partial charge in [-0.2, -0.15) is 0 Å². The Morgan fingerprint density at radius 3 is 2.00 bits per heavy atom. The second kappa shape index (κ2) is 7.69. The number of esters is 1. The molecule has 0 heterocycles. The summed E-state index contributed by atoms with van der Waals surface area (Å²) in [5.74, 6) is -0.159. The second-order valence-corrected chi connectivity index (χ2v) is 4.09. The Morgan fingerprint density at radius 2 is 1.67 bits per heavy atom. The van der Waals surface area contributed by atoms with Crippen LogP contribution in [0.5, 0.6) is 0 Å². The highest BCUT2D eigenvalue weighted by Gasteiger charge is 2.25. The summed E-state index contributed by atoms with van der Waals surface area (Å²) in [7, 11) is 1.45. The first-order chi connectivity index (χ1) is 7.08. The van der Waals surface area contributed by atoms with E-state index in [1.165, 1.54) is 7.11 Å². The van der Waals surface area contributed by atoms with E-state index in [4.69, 9.17) is 4.74 Å². The van der Waals surface area contributed by atoms with Crippen LogP contribution >= 0.6 is 0 Å². The van der Waals surface area contributed by atoms with Gasteiger partial charge in [-0.3, -0.25) is 9.69 Å². The number of methoxy groups -OCH3 is 1. The fraction of sp³-hybridized carbons (Fsp3) is 0.917. The number of ether oxygens (including phenoxy) is 1. The molecule has 0 radical (unpaired) electrons. The van der Waals surface area contributed by atoms with Gasteiger partial charge in [-0.15, -0.1) is 0 Å². The van der Waals surface area contributed by atoms with Crippen molar-refractivity contribution in [3.8, 4) is 0 Å². The monoisotopic (exact) mass is 215 g/mol. The van der Waals surface area contributed by atoms with Crippen LogP contribution < -0.4 is 0 Å². The summed E-state index contributed by atoms with van der Waals surface area (Å²) < 4.78 is 4.77. The third kappa shape index (κ3) is 4.65. The molecule has 3 heteroatoms. The third-order valence-corrected chi connectivity index (χ3v) is 2.89. The maximum atomic E-state index is 11.4. The molecule has 15 heavy (non-hydrogen) atoms. The van der Waals surface area contributed by atoms with Gasteiger partial charge in [-0.1, -0.05) is 20.8 Å². The summed E-state index contributed by atoms with van der Waals surface area (Å²) in [5, 5.41) is 0. The highest BCUT2D eigenvalue weighted by Crippen LogP contribution is 2.13. The number of nitrogens with zero attached hydrogens (tertiary/aromatic N) is 1. The molecule has 0 aliphatic heterocycles. The Morgan fingerprint density at radius 1 is 1.20 bits per heavy atom. The number of carbonyl (C=O) groups is 1. The van der Waals surface area contributed by atoms with Gasteiger partial charge in [-0.25, -0.2) is 0 Å². The van der Waals surface area contributed by atoms with Crippen LogP contribution in [-0.4, -0.2) is 37.1 Å². The summed E-state index contributed by atoms with van der Waals surface area (Å²) in [5.41, 5.74) is 0. The Kier molecular flexibility index (Phi) is 7.39. The highest BCUT2D eigenvalue weighted by atomic mass is 16.5. The van der Waals surface area contributed by atoms with Crippen LogP contribution in [-0.2, 0) is 9.53 Å². The van der Waals surface area contributed by atoms with E-state index in [9.17, 15) is 4.79 Å². The lowest BCUT2D eigenvalue weighted by atomic mass is 10.0. The molecule has 2 unspecified atom stereocenters. The molecule has 0 fully saturated rings. The van der Waals surface area contributed by atoms with Crippen LogP contribution in [0.3, 0.4) is 0 Å². The van der Waals surface area contributed by atoms with Crippen LogP contribution in [0, 0.1) is 5.92 Å². The SMILES string of the molecule is CCCN(CCC)C(C)C(C)C(=O)OC. The molecule has 90 valence electrons. The summed E-state index contributed by atoms with van der Waals surface area (Å²) >= 11 is 0. The molecule has 0 aromatic rings. The van der Waals surface area contributed by atoms with Crippen molar-refractivity contribution in [2.45, 2.75) is 46.6 Å². The highest BCUT2D eigenvalue weighted by molar-refractivity contribution is 5.72. The molecule has 0 spiro atoms. The minimum absolute atomic E-state index is 0.0481. The Balaban J connectivity index is 4.32. The minimum Gasteiger partial charge on any atom is -0.469 e. The smallest absolute Gasteiger partial charge is 0.309 e. The first-order valence-corrected chi connectivity index (χ1v) is 5.90. The molecule has 0 aromatic heterocycles. The number of hydrogen-bond acceptors (Lipinski definition) is 3. The zero-order chi connectivity index (χ0) is 11.8. The molecule has 0 saturated carbocycles. The van der Waals surface area contributed by atoms with E-state index in [0.717, 1.165) is 25.9 Å². The van der Waals surface area contributed by atoms with Crippen LogP contribution in [0.2, 0.25) is 0 Å².